The van der Waals surface area contributed by atoms with E-state index in [-0.39, 0.29) is 12.2 Å². The molecule has 6 heteroatoms. The number of carbonyl (C=O) groups is 1. The summed E-state index contributed by atoms with van der Waals surface area (Å²) in [4.78, 5) is 12.3. The van der Waals surface area contributed by atoms with Gasteiger partial charge in [0.2, 0.25) is 0 Å². The zero-order chi connectivity index (χ0) is 15.3. The second kappa shape index (κ2) is 5.03. The van der Waals surface area contributed by atoms with Crippen molar-refractivity contribution in [1.29, 1.82) is 0 Å². The standard InChI is InChI=1S/C16H18O6/c1-16(2)21-13-12(11(10-8-18-10)20-15(13)22-16)19-14(17)9-6-4-3-5-7-9/h3-7,10-13,15H,8H2,1-2H3/t10-,11+,12+,13+,15+/m0/s1. The first kappa shape index (κ1) is 14.1. The molecule has 0 spiro atoms. The number of benzene rings is 1. The molecule has 3 heterocycles. The van der Waals surface area contributed by atoms with Crippen LogP contribution in [0.1, 0.15) is 24.2 Å². The second-order valence-corrected chi connectivity index (χ2v) is 6.18. The molecule has 0 amide bonds. The molecule has 0 bridgehead atoms. The fourth-order valence-corrected chi connectivity index (χ4v) is 2.95. The predicted molar refractivity (Wildman–Crippen MR) is 74.1 cm³/mol. The van der Waals surface area contributed by atoms with Gasteiger partial charge in [0, 0.05) is 0 Å². The van der Waals surface area contributed by atoms with Crippen molar-refractivity contribution in [2.45, 2.75) is 50.3 Å². The lowest BCUT2D eigenvalue weighted by Crippen LogP contribution is -2.40. The predicted octanol–water partition coefficient (Wildman–Crippen LogP) is 1.49. The van der Waals surface area contributed by atoms with E-state index < -0.39 is 30.3 Å². The van der Waals surface area contributed by atoms with Crippen molar-refractivity contribution >= 4 is 5.97 Å². The highest BCUT2D eigenvalue weighted by Crippen LogP contribution is 2.42. The van der Waals surface area contributed by atoms with Gasteiger partial charge >= 0.3 is 5.97 Å². The molecule has 0 unspecified atom stereocenters. The van der Waals surface area contributed by atoms with E-state index >= 15 is 0 Å². The van der Waals surface area contributed by atoms with Crippen LogP contribution < -0.4 is 0 Å². The number of rotatable bonds is 3. The minimum absolute atomic E-state index is 0.0607. The van der Waals surface area contributed by atoms with Crippen LogP contribution >= 0.6 is 0 Å². The Bertz CT molecular complexity index is 567. The van der Waals surface area contributed by atoms with Gasteiger partial charge in [-0.2, -0.15) is 0 Å². The van der Waals surface area contributed by atoms with Crippen molar-refractivity contribution in [3.05, 3.63) is 35.9 Å². The zero-order valence-corrected chi connectivity index (χ0v) is 12.4. The Morgan fingerprint density at radius 3 is 2.59 bits per heavy atom. The van der Waals surface area contributed by atoms with Crippen molar-refractivity contribution in [1.82, 2.24) is 0 Å². The maximum absolute atomic E-state index is 12.3. The number of hydrogen-bond donors (Lipinski definition) is 0. The van der Waals surface area contributed by atoms with Crippen molar-refractivity contribution in [2.24, 2.45) is 0 Å². The average Bonchev–Trinajstić information content (AvgIpc) is 3.22. The largest absolute Gasteiger partial charge is 0.453 e. The van der Waals surface area contributed by atoms with Gasteiger partial charge in [-0.15, -0.1) is 0 Å². The van der Waals surface area contributed by atoms with Gasteiger partial charge in [0.15, 0.2) is 24.3 Å². The third kappa shape index (κ3) is 2.52. The van der Waals surface area contributed by atoms with E-state index in [1.165, 1.54) is 0 Å². The van der Waals surface area contributed by atoms with Crippen molar-refractivity contribution in [2.75, 3.05) is 6.61 Å². The Kier molecular flexibility index (Phi) is 3.23. The van der Waals surface area contributed by atoms with Crippen molar-refractivity contribution in [3.63, 3.8) is 0 Å². The summed E-state index contributed by atoms with van der Waals surface area (Å²) in [5.41, 5.74) is 0.500. The molecule has 0 aliphatic carbocycles. The first-order chi connectivity index (χ1) is 10.5. The fraction of sp³-hybridized carbons (Fsp3) is 0.562. The molecule has 1 aromatic carbocycles. The highest BCUT2D eigenvalue weighted by molar-refractivity contribution is 5.89. The van der Waals surface area contributed by atoms with Crippen LogP contribution in [0.25, 0.3) is 0 Å². The molecule has 3 aliphatic heterocycles. The Morgan fingerprint density at radius 1 is 1.18 bits per heavy atom. The molecule has 0 saturated carbocycles. The Labute approximate surface area is 128 Å². The zero-order valence-electron chi connectivity index (χ0n) is 12.4. The lowest BCUT2D eigenvalue weighted by atomic mass is 10.1. The minimum Gasteiger partial charge on any atom is -0.453 e. The van der Waals surface area contributed by atoms with Crippen LogP contribution in [0.4, 0.5) is 0 Å². The van der Waals surface area contributed by atoms with E-state index in [9.17, 15) is 4.79 Å². The number of ether oxygens (including phenoxy) is 5. The summed E-state index contributed by atoms with van der Waals surface area (Å²) in [6.45, 7) is 4.23. The van der Waals surface area contributed by atoms with Crippen LogP contribution in [0.5, 0.6) is 0 Å². The van der Waals surface area contributed by atoms with Crippen LogP contribution in [0, 0.1) is 0 Å². The summed E-state index contributed by atoms with van der Waals surface area (Å²) in [7, 11) is 0. The summed E-state index contributed by atoms with van der Waals surface area (Å²) < 4.78 is 28.4. The molecule has 3 saturated heterocycles. The van der Waals surface area contributed by atoms with E-state index in [2.05, 4.69) is 0 Å². The monoisotopic (exact) mass is 306 g/mol. The van der Waals surface area contributed by atoms with Gasteiger partial charge in [-0.3, -0.25) is 0 Å². The van der Waals surface area contributed by atoms with Gasteiger partial charge in [-0.25, -0.2) is 4.79 Å². The molecule has 0 N–H and O–H groups in total. The Morgan fingerprint density at radius 2 is 1.91 bits per heavy atom. The smallest absolute Gasteiger partial charge is 0.338 e. The average molecular weight is 306 g/mol. The van der Waals surface area contributed by atoms with Gasteiger partial charge in [-0.05, 0) is 26.0 Å². The summed E-state index contributed by atoms with van der Waals surface area (Å²) in [6.07, 6.45) is -1.91. The van der Waals surface area contributed by atoms with E-state index in [0.717, 1.165) is 0 Å². The first-order valence-electron chi connectivity index (χ1n) is 7.42. The lowest BCUT2D eigenvalue weighted by molar-refractivity contribution is -0.216. The van der Waals surface area contributed by atoms with Gasteiger partial charge < -0.3 is 23.7 Å². The van der Waals surface area contributed by atoms with Crippen LogP contribution in [-0.2, 0) is 23.7 Å². The Balaban J connectivity index is 1.53. The molecule has 5 atom stereocenters. The fourth-order valence-electron chi connectivity index (χ4n) is 2.95. The number of epoxide rings is 1. The van der Waals surface area contributed by atoms with E-state index in [0.29, 0.717) is 12.2 Å². The van der Waals surface area contributed by atoms with Crippen LogP contribution in [-0.4, -0.2) is 49.1 Å². The molecule has 0 radical (unpaired) electrons. The van der Waals surface area contributed by atoms with E-state index in [1.807, 2.05) is 19.9 Å². The number of carbonyl (C=O) groups excluding carboxylic acids is 1. The molecular formula is C16H18O6. The number of hydrogen-bond acceptors (Lipinski definition) is 6. The molecule has 1 aromatic rings. The third-order valence-electron chi connectivity index (χ3n) is 4.01. The highest BCUT2D eigenvalue weighted by atomic mass is 16.8. The minimum atomic E-state index is -0.748. The van der Waals surface area contributed by atoms with Gasteiger partial charge in [0.25, 0.3) is 0 Å². The highest BCUT2D eigenvalue weighted by Gasteiger charge is 2.60. The third-order valence-corrected chi connectivity index (χ3v) is 4.01. The summed E-state index contributed by atoms with van der Waals surface area (Å²) in [5.74, 6) is -1.14. The van der Waals surface area contributed by atoms with Crippen molar-refractivity contribution in [3.8, 4) is 0 Å². The molecule has 6 nitrogen and oxygen atoms in total. The molecule has 4 rings (SSSR count). The molecule has 0 aromatic heterocycles. The van der Waals surface area contributed by atoms with Gasteiger partial charge in [-0.1, -0.05) is 18.2 Å². The van der Waals surface area contributed by atoms with Crippen LogP contribution in [0.3, 0.4) is 0 Å². The second-order valence-electron chi connectivity index (χ2n) is 6.18. The maximum atomic E-state index is 12.3. The quantitative estimate of drug-likeness (QED) is 0.622. The molecule has 118 valence electrons. The Hall–Kier alpha value is -1.47. The lowest BCUT2D eigenvalue weighted by Gasteiger charge is -2.25. The summed E-state index contributed by atoms with van der Waals surface area (Å²) >= 11 is 0. The van der Waals surface area contributed by atoms with Crippen LogP contribution in [0.2, 0.25) is 0 Å². The van der Waals surface area contributed by atoms with Gasteiger partial charge in [0.05, 0.1) is 12.2 Å². The summed E-state index contributed by atoms with van der Waals surface area (Å²) in [6, 6.07) is 8.87. The topological polar surface area (TPSA) is 66.5 Å². The number of fused-ring (bicyclic) bond motifs is 1. The number of esters is 1. The van der Waals surface area contributed by atoms with E-state index in [4.69, 9.17) is 23.7 Å². The molecule has 3 fully saturated rings. The normalized spacial score (nSPS) is 38.5. The molecule has 22 heavy (non-hydrogen) atoms. The van der Waals surface area contributed by atoms with Crippen molar-refractivity contribution < 1.29 is 28.5 Å². The van der Waals surface area contributed by atoms with E-state index in [1.54, 1.807) is 24.3 Å². The van der Waals surface area contributed by atoms with Crippen LogP contribution in [0.15, 0.2) is 30.3 Å². The molecular weight excluding hydrogens is 288 g/mol. The van der Waals surface area contributed by atoms with Gasteiger partial charge in [0.1, 0.15) is 12.2 Å². The molecule has 3 aliphatic rings. The summed E-state index contributed by atoms with van der Waals surface area (Å²) in [5, 5.41) is 0. The first-order valence-corrected chi connectivity index (χ1v) is 7.42. The maximum Gasteiger partial charge on any atom is 0.338 e. The SMILES string of the molecule is CC1(C)O[C@H]2O[C@H]([C@@H]3CO3)[C@@H](OC(=O)c3ccccc3)[C@H]2O1.